The lowest BCUT2D eigenvalue weighted by Crippen LogP contribution is -2.58. The summed E-state index contributed by atoms with van der Waals surface area (Å²) in [6, 6.07) is 9.33. The van der Waals surface area contributed by atoms with E-state index in [1.807, 2.05) is 30.3 Å². The molecule has 0 amide bonds. The summed E-state index contributed by atoms with van der Waals surface area (Å²) in [4.78, 5) is 4.84. The van der Waals surface area contributed by atoms with Crippen molar-refractivity contribution in [2.24, 2.45) is 5.16 Å². The third-order valence-corrected chi connectivity index (χ3v) is 3.34. The van der Waals surface area contributed by atoms with E-state index in [1.165, 1.54) is 12.3 Å². The molecular formula is C16H21NO6. The van der Waals surface area contributed by atoms with Crippen molar-refractivity contribution in [3.8, 4) is 0 Å². The fraction of sp³-hybridized carbons (Fsp3) is 0.438. The minimum absolute atomic E-state index is 0.197. The molecule has 0 aromatic heterocycles. The van der Waals surface area contributed by atoms with Gasteiger partial charge in [0.05, 0.1) is 12.8 Å². The monoisotopic (exact) mass is 323 g/mol. The van der Waals surface area contributed by atoms with Crippen molar-refractivity contribution >= 4 is 6.21 Å². The van der Waals surface area contributed by atoms with E-state index in [1.54, 1.807) is 0 Å². The van der Waals surface area contributed by atoms with Crippen molar-refractivity contribution in [1.82, 2.24) is 0 Å². The highest BCUT2D eigenvalue weighted by atomic mass is 16.7. The molecule has 1 aliphatic rings. The Labute approximate surface area is 134 Å². The summed E-state index contributed by atoms with van der Waals surface area (Å²) in [5.41, 5.74) is 0.892. The van der Waals surface area contributed by atoms with E-state index in [0.717, 1.165) is 5.56 Å². The van der Waals surface area contributed by atoms with E-state index >= 15 is 0 Å². The van der Waals surface area contributed by atoms with Crippen LogP contribution in [0.25, 0.3) is 0 Å². The molecule has 1 fully saturated rings. The normalized spacial score (nSPS) is 31.2. The molecule has 1 heterocycles. The van der Waals surface area contributed by atoms with Gasteiger partial charge >= 0.3 is 0 Å². The number of benzene rings is 1. The zero-order chi connectivity index (χ0) is 16.7. The topological polar surface area (TPSA) is 101 Å². The standard InChI is InChI=1S/C16H21NO6/c1-2-8-22-17-9-12-13(18)14(19)15(20)16(23-12)21-10-11-6-4-3-5-7-11/h2-7,9,12-16,18-20H,1,8,10H2/b17-9+/t12-,13+,14+,15-,16?/m1/s1. The Bertz CT molecular complexity index is 509. The maximum absolute atomic E-state index is 9.96. The summed E-state index contributed by atoms with van der Waals surface area (Å²) < 4.78 is 10.9. The number of rotatable bonds is 7. The van der Waals surface area contributed by atoms with Crippen LogP contribution >= 0.6 is 0 Å². The summed E-state index contributed by atoms with van der Waals surface area (Å²) >= 11 is 0. The zero-order valence-electron chi connectivity index (χ0n) is 12.6. The van der Waals surface area contributed by atoms with Crippen molar-refractivity contribution < 1.29 is 29.6 Å². The molecule has 1 aromatic carbocycles. The third kappa shape index (κ3) is 4.85. The Morgan fingerprint density at radius 1 is 1.13 bits per heavy atom. The Balaban J connectivity index is 1.95. The maximum Gasteiger partial charge on any atom is 0.187 e. The molecule has 7 nitrogen and oxygen atoms in total. The smallest absolute Gasteiger partial charge is 0.187 e. The Morgan fingerprint density at radius 3 is 2.57 bits per heavy atom. The van der Waals surface area contributed by atoms with E-state index in [-0.39, 0.29) is 13.2 Å². The van der Waals surface area contributed by atoms with Crippen LogP contribution < -0.4 is 0 Å². The fourth-order valence-corrected chi connectivity index (χ4v) is 2.09. The average Bonchev–Trinajstić information content (AvgIpc) is 2.58. The van der Waals surface area contributed by atoms with Crippen LogP contribution in [0.3, 0.4) is 0 Å². The quantitative estimate of drug-likeness (QED) is 0.287. The molecular weight excluding hydrogens is 302 g/mol. The minimum atomic E-state index is -1.42. The van der Waals surface area contributed by atoms with Crippen LogP contribution in [-0.4, -0.2) is 58.8 Å². The molecule has 3 N–H and O–H groups in total. The molecule has 23 heavy (non-hydrogen) atoms. The maximum atomic E-state index is 9.96. The van der Waals surface area contributed by atoms with Crippen LogP contribution in [0.4, 0.5) is 0 Å². The second-order valence-corrected chi connectivity index (χ2v) is 5.08. The van der Waals surface area contributed by atoms with Crippen molar-refractivity contribution in [1.29, 1.82) is 0 Å². The van der Waals surface area contributed by atoms with Crippen LogP contribution in [-0.2, 0) is 20.9 Å². The van der Waals surface area contributed by atoms with Gasteiger partial charge in [-0.05, 0) is 5.56 Å². The SMILES string of the molecule is C=CCO/N=C/[C@H]1OC(OCc2ccccc2)[C@H](O)[C@@H](O)[C@H]1O. The number of aliphatic hydroxyl groups is 3. The van der Waals surface area contributed by atoms with E-state index in [0.29, 0.717) is 0 Å². The molecule has 0 saturated carbocycles. The van der Waals surface area contributed by atoms with E-state index in [4.69, 9.17) is 14.3 Å². The van der Waals surface area contributed by atoms with E-state index in [2.05, 4.69) is 11.7 Å². The molecule has 126 valence electrons. The van der Waals surface area contributed by atoms with Crippen molar-refractivity contribution in [3.05, 3.63) is 48.6 Å². The number of aliphatic hydroxyl groups excluding tert-OH is 3. The van der Waals surface area contributed by atoms with E-state index in [9.17, 15) is 15.3 Å². The summed E-state index contributed by atoms with van der Waals surface area (Å²) in [6.45, 7) is 3.88. The molecule has 0 bridgehead atoms. The molecule has 1 aliphatic heterocycles. The predicted octanol–water partition coefficient (Wildman–Crippen LogP) is 0.199. The zero-order valence-corrected chi connectivity index (χ0v) is 12.6. The van der Waals surface area contributed by atoms with Gasteiger partial charge in [0.25, 0.3) is 0 Å². The summed E-state index contributed by atoms with van der Waals surface area (Å²) in [7, 11) is 0. The molecule has 7 heteroatoms. The van der Waals surface area contributed by atoms with Crippen molar-refractivity contribution in [2.45, 2.75) is 37.3 Å². The Kier molecular flexibility index (Phi) is 6.69. The van der Waals surface area contributed by atoms with Crippen LogP contribution in [0.5, 0.6) is 0 Å². The first-order chi connectivity index (χ1) is 11.1. The molecule has 5 atom stereocenters. The minimum Gasteiger partial charge on any atom is -0.392 e. The number of ether oxygens (including phenoxy) is 2. The van der Waals surface area contributed by atoms with Crippen molar-refractivity contribution in [3.63, 3.8) is 0 Å². The highest BCUT2D eigenvalue weighted by molar-refractivity contribution is 5.63. The molecule has 2 rings (SSSR count). The van der Waals surface area contributed by atoms with Gasteiger partial charge in [-0.3, -0.25) is 0 Å². The van der Waals surface area contributed by atoms with Crippen LogP contribution in [0.1, 0.15) is 5.56 Å². The van der Waals surface area contributed by atoms with Crippen LogP contribution in [0.2, 0.25) is 0 Å². The highest BCUT2D eigenvalue weighted by Gasteiger charge is 2.43. The number of hydrogen-bond donors (Lipinski definition) is 3. The largest absolute Gasteiger partial charge is 0.392 e. The van der Waals surface area contributed by atoms with Gasteiger partial charge in [-0.1, -0.05) is 48.1 Å². The number of oxime groups is 1. The summed E-state index contributed by atoms with van der Waals surface area (Å²) in [6.07, 6.45) is -3.45. The number of nitrogens with zero attached hydrogens (tertiary/aromatic N) is 1. The molecule has 0 aliphatic carbocycles. The van der Waals surface area contributed by atoms with Gasteiger partial charge in [0, 0.05) is 0 Å². The first-order valence-electron chi connectivity index (χ1n) is 7.25. The predicted molar refractivity (Wildman–Crippen MR) is 82.6 cm³/mol. The fourth-order valence-electron chi connectivity index (χ4n) is 2.09. The molecule has 0 spiro atoms. The second kappa shape index (κ2) is 8.76. The molecule has 1 aromatic rings. The highest BCUT2D eigenvalue weighted by Crippen LogP contribution is 2.22. The van der Waals surface area contributed by atoms with Gasteiger partial charge in [-0.15, -0.1) is 0 Å². The van der Waals surface area contributed by atoms with Gasteiger partial charge in [-0.25, -0.2) is 0 Å². The van der Waals surface area contributed by atoms with Crippen LogP contribution in [0.15, 0.2) is 48.1 Å². The van der Waals surface area contributed by atoms with Crippen LogP contribution in [0, 0.1) is 0 Å². The average molecular weight is 323 g/mol. The lowest BCUT2D eigenvalue weighted by Gasteiger charge is -2.38. The van der Waals surface area contributed by atoms with Crippen molar-refractivity contribution in [2.75, 3.05) is 6.61 Å². The molecule has 1 unspecified atom stereocenters. The first-order valence-corrected chi connectivity index (χ1v) is 7.25. The van der Waals surface area contributed by atoms with Gasteiger partial charge in [0.2, 0.25) is 0 Å². The first kappa shape index (κ1) is 17.6. The Morgan fingerprint density at radius 2 is 1.87 bits per heavy atom. The summed E-state index contributed by atoms with van der Waals surface area (Å²) in [5, 5.41) is 33.4. The van der Waals surface area contributed by atoms with Gasteiger partial charge in [-0.2, -0.15) is 0 Å². The molecule has 1 saturated heterocycles. The third-order valence-electron chi connectivity index (χ3n) is 3.34. The van der Waals surface area contributed by atoms with E-state index < -0.39 is 30.7 Å². The lowest BCUT2D eigenvalue weighted by atomic mass is 9.99. The summed E-state index contributed by atoms with van der Waals surface area (Å²) in [5.74, 6) is 0. The number of hydrogen-bond acceptors (Lipinski definition) is 7. The second-order valence-electron chi connectivity index (χ2n) is 5.08. The van der Waals surface area contributed by atoms with Gasteiger partial charge in [0.15, 0.2) is 6.29 Å². The molecule has 0 radical (unpaired) electrons. The Hall–Kier alpha value is -1.77. The van der Waals surface area contributed by atoms with Gasteiger partial charge < -0.3 is 29.6 Å². The van der Waals surface area contributed by atoms with Gasteiger partial charge in [0.1, 0.15) is 31.0 Å². The lowest BCUT2D eigenvalue weighted by molar-refractivity contribution is -0.285.